The minimum atomic E-state index is -0.376. The molecule has 0 saturated heterocycles. The zero-order valence-corrected chi connectivity index (χ0v) is 16.5. The van der Waals surface area contributed by atoms with E-state index in [2.05, 4.69) is 38.0 Å². The molecule has 0 aliphatic heterocycles. The Morgan fingerprint density at radius 2 is 2.08 bits per heavy atom. The first-order valence-corrected chi connectivity index (χ1v) is 8.82. The van der Waals surface area contributed by atoms with E-state index in [1.54, 1.807) is 30.3 Å². The van der Waals surface area contributed by atoms with E-state index in [9.17, 15) is 4.79 Å². The van der Waals surface area contributed by atoms with Gasteiger partial charge in [-0.1, -0.05) is 23.2 Å². The number of hydrogen-bond donors (Lipinski definition) is 1. The Kier molecular flexibility index (Phi) is 5.45. The normalized spacial score (nSPS) is 10.6. The predicted molar refractivity (Wildman–Crippen MR) is 105 cm³/mol. The van der Waals surface area contributed by atoms with Crippen molar-refractivity contribution in [3.05, 3.63) is 62.2 Å². The summed E-state index contributed by atoms with van der Waals surface area (Å²) in [5, 5.41) is 7.85. The minimum Gasteiger partial charge on any atom is -0.496 e. The van der Waals surface area contributed by atoms with E-state index >= 15 is 0 Å². The van der Waals surface area contributed by atoms with Crippen LogP contribution in [0.3, 0.4) is 0 Å². The zero-order valence-electron chi connectivity index (χ0n) is 12.8. The Morgan fingerprint density at radius 1 is 1.28 bits per heavy atom. The number of methoxy groups -OCH3 is 1. The summed E-state index contributed by atoms with van der Waals surface area (Å²) in [7, 11) is 1.50. The van der Waals surface area contributed by atoms with Crippen LogP contribution in [0.25, 0.3) is 5.69 Å². The molecule has 0 radical (unpaired) electrons. The molecule has 3 aromatic rings. The van der Waals surface area contributed by atoms with Crippen LogP contribution in [0.4, 0.5) is 5.69 Å². The van der Waals surface area contributed by atoms with Gasteiger partial charge in [-0.15, -0.1) is 0 Å². The van der Waals surface area contributed by atoms with Crippen LogP contribution in [0.1, 0.15) is 10.4 Å². The van der Waals surface area contributed by atoms with Crippen molar-refractivity contribution in [2.75, 3.05) is 12.4 Å². The summed E-state index contributed by atoms with van der Waals surface area (Å²) in [5.41, 5.74) is 1.43. The van der Waals surface area contributed by atoms with E-state index in [-0.39, 0.29) is 5.91 Å². The SMILES string of the molecule is COc1cc(I)c(Cl)cc1C(=O)Nc1cc(Cl)ccc1-n1cncn1. The highest BCUT2D eigenvalue weighted by atomic mass is 127. The highest BCUT2D eigenvalue weighted by Gasteiger charge is 2.17. The van der Waals surface area contributed by atoms with Gasteiger partial charge in [-0.3, -0.25) is 4.79 Å². The summed E-state index contributed by atoms with van der Waals surface area (Å²) in [6, 6.07) is 8.35. The molecule has 0 spiro atoms. The van der Waals surface area contributed by atoms with E-state index in [4.69, 9.17) is 27.9 Å². The molecule has 3 rings (SSSR count). The van der Waals surface area contributed by atoms with Gasteiger partial charge in [0.2, 0.25) is 0 Å². The summed E-state index contributed by atoms with van der Waals surface area (Å²) in [6.45, 7) is 0. The number of nitrogens with one attached hydrogen (secondary N) is 1. The fourth-order valence-electron chi connectivity index (χ4n) is 2.21. The van der Waals surface area contributed by atoms with Gasteiger partial charge in [-0.25, -0.2) is 9.67 Å². The highest BCUT2D eigenvalue weighted by molar-refractivity contribution is 14.1. The molecule has 9 heteroatoms. The Morgan fingerprint density at radius 3 is 2.76 bits per heavy atom. The molecule has 0 atom stereocenters. The Hall–Kier alpha value is -1.84. The van der Waals surface area contributed by atoms with Crippen molar-refractivity contribution in [3.63, 3.8) is 0 Å². The summed E-state index contributed by atoms with van der Waals surface area (Å²) < 4.78 is 7.61. The maximum atomic E-state index is 12.7. The number of anilines is 1. The van der Waals surface area contributed by atoms with Crippen LogP contribution in [-0.2, 0) is 0 Å². The van der Waals surface area contributed by atoms with Gasteiger partial charge in [-0.05, 0) is 52.9 Å². The van der Waals surface area contributed by atoms with Gasteiger partial charge in [0.1, 0.15) is 18.4 Å². The molecule has 25 heavy (non-hydrogen) atoms. The molecule has 1 aromatic heterocycles. The van der Waals surface area contributed by atoms with E-state index in [1.807, 2.05) is 0 Å². The first-order chi connectivity index (χ1) is 12.0. The van der Waals surface area contributed by atoms with Crippen LogP contribution in [0.5, 0.6) is 5.75 Å². The molecule has 2 aromatic carbocycles. The molecule has 1 amide bonds. The first kappa shape index (κ1) is 18.0. The van der Waals surface area contributed by atoms with Gasteiger partial charge in [0.15, 0.2) is 0 Å². The number of halogens is 3. The van der Waals surface area contributed by atoms with Crippen LogP contribution in [0.2, 0.25) is 10.0 Å². The number of benzene rings is 2. The number of carbonyl (C=O) groups is 1. The lowest BCUT2D eigenvalue weighted by Crippen LogP contribution is -2.15. The van der Waals surface area contributed by atoms with Crippen molar-refractivity contribution in [2.24, 2.45) is 0 Å². The Labute approximate surface area is 167 Å². The maximum absolute atomic E-state index is 12.7. The Bertz CT molecular complexity index is 932. The molecule has 1 heterocycles. The lowest BCUT2D eigenvalue weighted by molar-refractivity contribution is 0.102. The second-order valence-electron chi connectivity index (χ2n) is 4.92. The molecule has 1 N–H and O–H groups in total. The molecule has 6 nitrogen and oxygen atoms in total. The Balaban J connectivity index is 2.00. The van der Waals surface area contributed by atoms with Gasteiger partial charge in [-0.2, -0.15) is 5.10 Å². The summed E-state index contributed by atoms with van der Waals surface area (Å²) >= 11 is 14.3. The number of aromatic nitrogens is 3. The third kappa shape index (κ3) is 3.88. The van der Waals surface area contributed by atoms with Crippen LogP contribution in [0.15, 0.2) is 43.0 Å². The number of hydrogen-bond acceptors (Lipinski definition) is 4. The average Bonchev–Trinajstić information content (AvgIpc) is 3.11. The van der Waals surface area contributed by atoms with E-state index in [1.165, 1.54) is 24.4 Å². The van der Waals surface area contributed by atoms with Gasteiger partial charge >= 0.3 is 0 Å². The standard InChI is InChI=1S/C16H11Cl2IN4O2/c1-25-15-6-12(19)11(18)5-10(15)16(24)22-13-4-9(17)2-3-14(13)23-8-20-7-21-23/h2-8H,1H3,(H,22,24). The minimum absolute atomic E-state index is 0.317. The van der Waals surface area contributed by atoms with Crippen molar-refractivity contribution in [1.82, 2.24) is 14.8 Å². The smallest absolute Gasteiger partial charge is 0.259 e. The zero-order chi connectivity index (χ0) is 18.0. The van der Waals surface area contributed by atoms with Crippen molar-refractivity contribution >= 4 is 57.4 Å². The van der Waals surface area contributed by atoms with Crippen LogP contribution < -0.4 is 10.1 Å². The number of ether oxygens (including phenoxy) is 1. The fourth-order valence-corrected chi connectivity index (χ4v) is 2.98. The number of rotatable bonds is 4. The predicted octanol–water partition coefficient (Wildman–Crippen LogP) is 4.44. The molecule has 0 saturated carbocycles. The van der Waals surface area contributed by atoms with Crippen LogP contribution >= 0.6 is 45.8 Å². The summed E-state index contributed by atoms with van der Waals surface area (Å²) in [4.78, 5) is 16.7. The van der Waals surface area contributed by atoms with Crippen molar-refractivity contribution < 1.29 is 9.53 Å². The van der Waals surface area contributed by atoms with E-state index < -0.39 is 0 Å². The number of carbonyl (C=O) groups excluding carboxylic acids is 1. The van der Waals surface area contributed by atoms with Crippen LogP contribution in [-0.4, -0.2) is 27.8 Å². The monoisotopic (exact) mass is 488 g/mol. The molecule has 128 valence electrons. The van der Waals surface area contributed by atoms with Gasteiger partial charge in [0, 0.05) is 8.59 Å². The fraction of sp³-hybridized carbons (Fsp3) is 0.0625. The lowest BCUT2D eigenvalue weighted by Gasteiger charge is -2.14. The molecule has 0 bridgehead atoms. The topological polar surface area (TPSA) is 69.0 Å². The maximum Gasteiger partial charge on any atom is 0.259 e. The second-order valence-corrected chi connectivity index (χ2v) is 6.93. The summed E-state index contributed by atoms with van der Waals surface area (Å²) in [6.07, 6.45) is 2.93. The van der Waals surface area contributed by atoms with Crippen molar-refractivity contribution in [3.8, 4) is 11.4 Å². The summed E-state index contributed by atoms with van der Waals surface area (Å²) in [5.74, 6) is 0.0504. The van der Waals surface area contributed by atoms with E-state index in [0.29, 0.717) is 32.7 Å². The van der Waals surface area contributed by atoms with Crippen molar-refractivity contribution in [1.29, 1.82) is 0 Å². The average molecular weight is 489 g/mol. The third-order valence-electron chi connectivity index (χ3n) is 3.36. The lowest BCUT2D eigenvalue weighted by atomic mass is 10.1. The van der Waals surface area contributed by atoms with E-state index in [0.717, 1.165) is 3.57 Å². The van der Waals surface area contributed by atoms with Gasteiger partial charge < -0.3 is 10.1 Å². The molecule has 0 fully saturated rings. The van der Waals surface area contributed by atoms with Crippen LogP contribution in [0, 0.1) is 3.57 Å². The van der Waals surface area contributed by atoms with Gasteiger partial charge in [0.05, 0.1) is 29.1 Å². The number of amides is 1. The quantitative estimate of drug-likeness (QED) is 0.551. The molecule has 0 aliphatic carbocycles. The molecule has 0 unspecified atom stereocenters. The largest absolute Gasteiger partial charge is 0.496 e. The third-order valence-corrected chi connectivity index (χ3v) is 5.12. The number of nitrogens with zero attached hydrogens (tertiary/aromatic N) is 3. The molecular weight excluding hydrogens is 478 g/mol. The molecular formula is C16H11Cl2IN4O2. The second kappa shape index (κ2) is 7.59. The van der Waals surface area contributed by atoms with Gasteiger partial charge in [0.25, 0.3) is 5.91 Å². The first-order valence-electron chi connectivity index (χ1n) is 6.98. The highest BCUT2D eigenvalue weighted by Crippen LogP contribution is 2.30. The molecule has 0 aliphatic rings. The van der Waals surface area contributed by atoms with Crippen molar-refractivity contribution in [2.45, 2.75) is 0 Å².